The van der Waals surface area contributed by atoms with E-state index in [1.165, 1.54) is 0 Å². The molecule has 1 saturated heterocycles. The van der Waals surface area contributed by atoms with E-state index in [2.05, 4.69) is 17.1 Å². The van der Waals surface area contributed by atoms with Gasteiger partial charge in [0.1, 0.15) is 17.5 Å². The lowest BCUT2D eigenvalue weighted by Crippen LogP contribution is -2.52. The van der Waals surface area contributed by atoms with Crippen molar-refractivity contribution in [3.8, 4) is 5.75 Å². The first kappa shape index (κ1) is 22.3. The Kier molecular flexibility index (Phi) is 9.18. The molecule has 0 bridgehead atoms. The molecule has 1 aromatic carbocycles. The topological polar surface area (TPSA) is 71.0 Å². The standard InChI is InChI=1S/C20H34N2O4S/c1-4-5-6-15-25-27(24)18-9-7-17(8-10-18)26-20(2,3)19(23)16-22-13-11-21-12-14-22/h7-10,19,21,23H,4-6,11-16H2,1-3H3. The summed E-state index contributed by atoms with van der Waals surface area (Å²) in [5.41, 5.74) is -0.720. The first-order valence-electron chi connectivity index (χ1n) is 9.87. The average Bonchev–Trinajstić information content (AvgIpc) is 2.66. The molecule has 2 rings (SSSR count). The number of hydrogen-bond donors (Lipinski definition) is 2. The first-order chi connectivity index (χ1) is 12.9. The van der Waals surface area contributed by atoms with E-state index in [1.54, 1.807) is 24.3 Å². The monoisotopic (exact) mass is 398 g/mol. The lowest BCUT2D eigenvalue weighted by molar-refractivity contribution is -0.0456. The molecule has 0 aliphatic carbocycles. The maximum absolute atomic E-state index is 12.1. The van der Waals surface area contributed by atoms with Gasteiger partial charge in [0.05, 0.1) is 11.5 Å². The molecule has 1 aromatic rings. The number of ether oxygens (including phenoxy) is 1. The second kappa shape index (κ2) is 11.1. The van der Waals surface area contributed by atoms with Crippen molar-refractivity contribution in [2.75, 3.05) is 39.3 Å². The highest BCUT2D eigenvalue weighted by molar-refractivity contribution is 7.80. The van der Waals surface area contributed by atoms with Gasteiger partial charge in [-0.05, 0) is 44.5 Å². The van der Waals surface area contributed by atoms with Crippen molar-refractivity contribution in [1.29, 1.82) is 0 Å². The van der Waals surface area contributed by atoms with Crippen molar-refractivity contribution in [3.63, 3.8) is 0 Å². The van der Waals surface area contributed by atoms with Crippen molar-refractivity contribution in [2.45, 2.75) is 56.6 Å². The van der Waals surface area contributed by atoms with Crippen LogP contribution in [0.5, 0.6) is 5.75 Å². The van der Waals surface area contributed by atoms with Gasteiger partial charge in [-0.3, -0.25) is 9.08 Å². The van der Waals surface area contributed by atoms with Gasteiger partial charge in [-0.2, -0.15) is 0 Å². The SMILES string of the molecule is CCCCCOS(=O)c1ccc(OC(C)(C)C(O)CN2CCNCC2)cc1. The fourth-order valence-corrected chi connectivity index (χ4v) is 3.67. The third kappa shape index (κ3) is 7.50. The smallest absolute Gasteiger partial charge is 0.189 e. The van der Waals surface area contributed by atoms with Crippen LogP contribution in [-0.2, 0) is 15.3 Å². The van der Waals surface area contributed by atoms with Gasteiger partial charge in [0, 0.05) is 32.7 Å². The third-order valence-corrected chi connectivity index (χ3v) is 5.82. The molecule has 1 aliphatic rings. The predicted molar refractivity (Wildman–Crippen MR) is 108 cm³/mol. The summed E-state index contributed by atoms with van der Waals surface area (Å²) in [7, 11) is 0. The lowest BCUT2D eigenvalue weighted by Gasteiger charge is -2.36. The molecule has 2 unspecified atom stereocenters. The number of unbranched alkanes of at least 4 members (excludes halogenated alkanes) is 2. The van der Waals surface area contributed by atoms with Gasteiger partial charge in [0.25, 0.3) is 0 Å². The van der Waals surface area contributed by atoms with E-state index >= 15 is 0 Å². The maximum atomic E-state index is 12.1. The Morgan fingerprint density at radius 3 is 2.52 bits per heavy atom. The number of benzene rings is 1. The summed E-state index contributed by atoms with van der Waals surface area (Å²) in [6, 6.07) is 7.07. The van der Waals surface area contributed by atoms with E-state index in [-0.39, 0.29) is 0 Å². The number of β-amino-alcohol motifs (C(OH)–C–C–N with tert-alkyl or cyclic N) is 1. The molecule has 27 heavy (non-hydrogen) atoms. The minimum atomic E-state index is -1.45. The highest BCUT2D eigenvalue weighted by atomic mass is 32.2. The van der Waals surface area contributed by atoms with Gasteiger partial charge in [0.15, 0.2) is 11.1 Å². The normalized spacial score (nSPS) is 18.2. The minimum Gasteiger partial charge on any atom is -0.485 e. The summed E-state index contributed by atoms with van der Waals surface area (Å²) in [6.45, 7) is 10.8. The molecule has 1 heterocycles. The summed E-state index contributed by atoms with van der Waals surface area (Å²) in [5.74, 6) is 0.645. The molecule has 154 valence electrons. The molecular formula is C20H34N2O4S. The van der Waals surface area contributed by atoms with Gasteiger partial charge in [-0.15, -0.1) is 0 Å². The van der Waals surface area contributed by atoms with Crippen molar-refractivity contribution in [2.24, 2.45) is 0 Å². The summed E-state index contributed by atoms with van der Waals surface area (Å²) < 4.78 is 23.5. The summed E-state index contributed by atoms with van der Waals surface area (Å²) >= 11 is -1.45. The largest absolute Gasteiger partial charge is 0.485 e. The maximum Gasteiger partial charge on any atom is 0.189 e. The third-order valence-electron chi connectivity index (χ3n) is 4.78. The zero-order chi connectivity index (χ0) is 19.7. The number of nitrogens with zero attached hydrogens (tertiary/aromatic N) is 1. The first-order valence-corrected chi connectivity index (χ1v) is 10.9. The molecule has 2 atom stereocenters. The molecule has 0 radical (unpaired) electrons. The van der Waals surface area contributed by atoms with Crippen molar-refractivity contribution in [3.05, 3.63) is 24.3 Å². The van der Waals surface area contributed by atoms with Crippen molar-refractivity contribution in [1.82, 2.24) is 10.2 Å². The van der Waals surface area contributed by atoms with Crippen LogP contribution in [0.4, 0.5) is 0 Å². The summed E-state index contributed by atoms with van der Waals surface area (Å²) in [5, 5.41) is 13.9. The molecule has 7 heteroatoms. The molecule has 0 saturated carbocycles. The van der Waals surface area contributed by atoms with E-state index in [0.29, 0.717) is 23.8 Å². The number of aliphatic hydroxyl groups is 1. The van der Waals surface area contributed by atoms with E-state index < -0.39 is 22.8 Å². The van der Waals surface area contributed by atoms with Crippen LogP contribution in [0.15, 0.2) is 29.2 Å². The number of piperazine rings is 1. The van der Waals surface area contributed by atoms with E-state index in [0.717, 1.165) is 45.4 Å². The Hall–Kier alpha value is -0.990. The molecule has 1 aliphatic heterocycles. The van der Waals surface area contributed by atoms with Crippen LogP contribution in [0, 0.1) is 0 Å². The van der Waals surface area contributed by atoms with Crippen LogP contribution < -0.4 is 10.1 Å². The Bertz CT molecular complexity index is 574. The second-order valence-electron chi connectivity index (χ2n) is 7.51. The number of nitrogens with one attached hydrogen (secondary N) is 1. The molecule has 0 spiro atoms. The van der Waals surface area contributed by atoms with Gasteiger partial charge in [-0.1, -0.05) is 19.8 Å². The Labute approximate surface area is 165 Å². The Morgan fingerprint density at radius 2 is 1.89 bits per heavy atom. The van der Waals surface area contributed by atoms with Gasteiger partial charge >= 0.3 is 0 Å². The second-order valence-corrected chi connectivity index (χ2v) is 8.68. The zero-order valence-electron chi connectivity index (χ0n) is 16.8. The van der Waals surface area contributed by atoms with E-state index in [9.17, 15) is 9.32 Å². The number of rotatable bonds is 11. The molecule has 1 fully saturated rings. The van der Waals surface area contributed by atoms with Gasteiger partial charge < -0.3 is 15.2 Å². The van der Waals surface area contributed by atoms with Crippen LogP contribution in [-0.4, -0.2) is 65.3 Å². The van der Waals surface area contributed by atoms with Crippen LogP contribution in [0.3, 0.4) is 0 Å². The Morgan fingerprint density at radius 1 is 1.22 bits per heavy atom. The number of hydrogen-bond acceptors (Lipinski definition) is 6. The van der Waals surface area contributed by atoms with Crippen LogP contribution in [0.25, 0.3) is 0 Å². The fraction of sp³-hybridized carbons (Fsp3) is 0.700. The molecule has 0 aromatic heterocycles. The Balaban J connectivity index is 1.85. The molecule has 6 nitrogen and oxygen atoms in total. The van der Waals surface area contributed by atoms with Crippen LogP contribution in [0.1, 0.15) is 40.0 Å². The van der Waals surface area contributed by atoms with Gasteiger partial charge in [0.2, 0.25) is 0 Å². The highest BCUT2D eigenvalue weighted by Gasteiger charge is 2.32. The van der Waals surface area contributed by atoms with Crippen LogP contribution in [0.2, 0.25) is 0 Å². The predicted octanol–water partition coefficient (Wildman–Crippen LogP) is 2.34. The summed E-state index contributed by atoms with van der Waals surface area (Å²) in [6.07, 6.45) is 2.50. The molecular weight excluding hydrogens is 364 g/mol. The van der Waals surface area contributed by atoms with Gasteiger partial charge in [-0.25, -0.2) is 4.21 Å². The quantitative estimate of drug-likeness (QED) is 0.558. The zero-order valence-corrected chi connectivity index (χ0v) is 17.6. The molecule has 2 N–H and O–H groups in total. The van der Waals surface area contributed by atoms with E-state index in [1.807, 2.05) is 13.8 Å². The minimum absolute atomic E-state index is 0.504. The van der Waals surface area contributed by atoms with Crippen molar-refractivity contribution < 1.29 is 18.2 Å². The fourth-order valence-electron chi connectivity index (χ4n) is 2.90. The lowest BCUT2D eigenvalue weighted by atomic mass is 10.0. The highest BCUT2D eigenvalue weighted by Crippen LogP contribution is 2.23. The summed E-state index contributed by atoms with van der Waals surface area (Å²) in [4.78, 5) is 2.87. The average molecular weight is 399 g/mol. The van der Waals surface area contributed by atoms with Crippen molar-refractivity contribution >= 4 is 11.1 Å². The molecule has 0 amide bonds. The van der Waals surface area contributed by atoms with E-state index in [4.69, 9.17) is 8.92 Å². The number of aliphatic hydroxyl groups excluding tert-OH is 1. The van der Waals surface area contributed by atoms with Crippen LogP contribution >= 0.6 is 0 Å².